The van der Waals surface area contributed by atoms with Gasteiger partial charge in [0.05, 0.1) is 26.4 Å². The van der Waals surface area contributed by atoms with Gasteiger partial charge in [-0.05, 0) is 212 Å². The molecular weight excluding hydrogens is 1760 g/mol. The molecule has 0 aliphatic carbocycles. The molecule has 136 heavy (non-hydrogen) atoms. The van der Waals surface area contributed by atoms with Crippen LogP contribution in [-0.4, -0.2) is 119 Å². The second-order valence-electron chi connectivity index (χ2n) is 26.8. The van der Waals surface area contributed by atoms with E-state index in [1.165, 1.54) is 35.4 Å². The third-order valence-electron chi connectivity index (χ3n) is 17.1. The molecule has 0 spiro atoms. The Morgan fingerprint density at radius 1 is 0.301 bits per heavy atom. The van der Waals surface area contributed by atoms with E-state index in [2.05, 4.69) is 206 Å². The molecule has 8 aromatic rings. The van der Waals surface area contributed by atoms with E-state index in [1.807, 2.05) is 140 Å². The highest BCUT2D eigenvalue weighted by molar-refractivity contribution is 7.86. The zero-order valence-corrected chi connectivity index (χ0v) is 77.2. The van der Waals surface area contributed by atoms with E-state index in [1.54, 1.807) is 101 Å². The summed E-state index contributed by atoms with van der Waals surface area (Å²) in [7, 11) is -8.83. The number of allylic oxidation sites excluding steroid dienone is 8. The van der Waals surface area contributed by atoms with Gasteiger partial charge in [-0.1, -0.05) is 260 Å². The highest BCUT2D eigenvalue weighted by atomic mass is 32.2. The Bertz CT molecular complexity index is 6780. The molecule has 0 heterocycles. The lowest BCUT2D eigenvalue weighted by molar-refractivity contribution is -0.148. The fourth-order valence-electron chi connectivity index (χ4n) is 11.1. The first-order valence-electron chi connectivity index (χ1n) is 41.3. The van der Waals surface area contributed by atoms with Crippen molar-refractivity contribution >= 4 is 84.3 Å². The lowest BCUT2D eigenvalue weighted by atomic mass is 9.89. The summed E-state index contributed by atoms with van der Waals surface area (Å²) in [4.78, 5) is 86.1. The van der Waals surface area contributed by atoms with Gasteiger partial charge in [-0.25, -0.2) is 33.6 Å². The number of rotatable bonds is 29. The number of carbonyl (C=O) groups is 7. The normalized spacial score (nSPS) is 9.32. The number of nitriles is 1. The molecule has 678 valence electrons. The van der Waals surface area contributed by atoms with Crippen LogP contribution >= 0.6 is 0 Å². The topological polar surface area (TPSA) is 317 Å². The highest BCUT2D eigenvalue weighted by Crippen LogP contribution is 2.32. The maximum absolute atomic E-state index is 12.5. The highest BCUT2D eigenvalue weighted by Gasteiger charge is 2.25. The molecule has 0 unspecified atom stereocenters. The minimum Gasteiger partial charge on any atom is -0.462 e. The van der Waals surface area contributed by atoms with Gasteiger partial charge in [-0.3, -0.25) is 9.11 Å². The number of benzene rings is 8. The molecule has 0 aliphatic rings. The van der Waals surface area contributed by atoms with Crippen molar-refractivity contribution in [2.45, 2.75) is 62.3 Å². The van der Waals surface area contributed by atoms with Crippen LogP contribution in [-0.2, 0) is 87.0 Å². The molecule has 8 rings (SSSR count). The van der Waals surface area contributed by atoms with Gasteiger partial charge in [-0.15, -0.1) is 0 Å². The van der Waals surface area contributed by atoms with E-state index in [4.69, 9.17) is 42.3 Å². The Morgan fingerprint density at radius 2 is 0.537 bits per heavy atom. The maximum atomic E-state index is 12.5. The van der Waals surface area contributed by atoms with Crippen molar-refractivity contribution in [1.29, 1.82) is 5.26 Å². The summed E-state index contributed by atoms with van der Waals surface area (Å²) >= 11 is 0. The van der Waals surface area contributed by atoms with Crippen molar-refractivity contribution in [2.24, 2.45) is 0 Å². The van der Waals surface area contributed by atoms with Crippen LogP contribution in [0.5, 0.6) is 0 Å². The number of ether oxygens (including phenoxy) is 7. The fraction of sp³-hybridized carbons (Fsp3) is 0.150. The van der Waals surface area contributed by atoms with E-state index >= 15 is 0 Å². The minimum absolute atomic E-state index is 0.120. The zero-order valence-electron chi connectivity index (χ0n) is 75.6. The van der Waals surface area contributed by atoms with Crippen LogP contribution in [0.2, 0.25) is 0 Å². The summed E-state index contributed by atoms with van der Waals surface area (Å²) in [5.41, 5.74) is 14.1. The first-order chi connectivity index (χ1) is 65.7. The SMILES string of the molecule is CC#CC#CC#CC#CC#CC#CC#CC#CC#CC#CC#CC#COC(=O)/C(C#N)=C/C=C(c1ccccc1)c1ccccc1.CCOC(=O)C(=CC=C(c1ccc(C)cc1C)c1ccc(C)cc1C)C(=O)OCC.CCOC(=O)C(=CC=C(c1ccccc1)c1ccccc1)C(=O)OCC.O=C(OCCS(=O)(=O)O)C(=CC=C(c1ccccc1)c1ccccc1)C(=O)OCCS(=O)(=O)O. The molecule has 8 aromatic carbocycles. The third-order valence-corrected chi connectivity index (χ3v) is 18.4. The summed E-state index contributed by atoms with van der Waals surface area (Å²) in [5.74, 6) is 49.3. The van der Waals surface area contributed by atoms with E-state index in [9.17, 15) is 55.7 Å². The Kier molecular flexibility index (Phi) is 49.7. The van der Waals surface area contributed by atoms with Crippen LogP contribution in [0.25, 0.3) is 22.3 Å². The Morgan fingerprint density at radius 3 is 0.772 bits per heavy atom. The van der Waals surface area contributed by atoms with Crippen molar-refractivity contribution < 1.29 is 92.7 Å². The molecule has 21 nitrogen and oxygen atoms in total. The molecule has 0 amide bonds. The van der Waals surface area contributed by atoms with Crippen molar-refractivity contribution in [2.75, 3.05) is 51.1 Å². The van der Waals surface area contributed by atoms with Gasteiger partial charge in [0, 0.05) is 82.9 Å². The average Bonchev–Trinajstić information content (AvgIpc) is 0.799. The van der Waals surface area contributed by atoms with E-state index in [-0.39, 0.29) is 43.1 Å². The standard InChI is InChI=1S/C43H15NO2.C26H30O4.C22H22O10S2.C22H22O4/c1-2-3-4-5-6-7-8-9-10-11-12-13-14-15-16-17-18-19-20-21-22-23-30-37-46-43(45)41(38-44)35-36-42(39-31-26-24-27-32-39)40-33-28-25-29-34-40;1-7-29-25(27)24(26(28)30-8-2)14-13-23(21-11-9-17(3)15-19(21)5)22-12-10-18(4)16-20(22)6;23-21(31-13-15-33(25,26)27)20(22(24)32-14-16-34(28,29)30)12-11-19(17-7-3-1-4-8-17)18-9-5-2-6-10-18;1-3-25-21(23)20(22(24)26-4-2)16-15-19(17-11-7-5-8-12-17)18-13-9-6-10-14-18/h24-29,31-36H,1H3;9-16H,7-8H2,1-6H3;1-12H,13-16H2,(H,25,26,27)(H,28,29,30);5-16H,3-4H2,1-2H3/b41-35+;;;. The van der Waals surface area contributed by atoms with Crippen molar-refractivity contribution in [3.63, 3.8) is 0 Å². The zero-order chi connectivity index (χ0) is 99.0. The Hall–Kier alpha value is -18.0. The predicted octanol–water partition coefficient (Wildman–Crippen LogP) is 15.6. The smallest absolute Gasteiger partial charge is 0.362 e. The van der Waals surface area contributed by atoms with Gasteiger partial charge in [-0.2, -0.15) is 22.1 Å². The van der Waals surface area contributed by atoms with Crippen LogP contribution in [0.3, 0.4) is 0 Å². The summed E-state index contributed by atoms with van der Waals surface area (Å²) in [5, 5.41) is 9.44. The fourth-order valence-corrected chi connectivity index (χ4v) is 11.7. The number of aryl methyl sites for hydroxylation is 4. The lowest BCUT2D eigenvalue weighted by Gasteiger charge is -2.15. The number of hydrogen-bond acceptors (Lipinski definition) is 19. The second-order valence-corrected chi connectivity index (χ2v) is 29.9. The van der Waals surface area contributed by atoms with Gasteiger partial charge in [0.15, 0.2) is 0 Å². The van der Waals surface area contributed by atoms with Crippen molar-refractivity contribution in [3.8, 4) is 148 Å². The van der Waals surface area contributed by atoms with Crippen LogP contribution < -0.4 is 0 Å². The van der Waals surface area contributed by atoms with E-state index in [0.29, 0.717) is 5.57 Å². The predicted molar refractivity (Wildman–Crippen MR) is 523 cm³/mol. The first kappa shape index (κ1) is 109. The first-order valence-corrected chi connectivity index (χ1v) is 44.5. The number of esters is 7. The van der Waals surface area contributed by atoms with Crippen LogP contribution in [0.1, 0.15) is 101 Å². The Balaban J connectivity index is 0.000000327. The quantitative estimate of drug-likeness (QED) is 0.00506. The average molecular weight is 1850 g/mol. The van der Waals surface area contributed by atoms with E-state index < -0.39 is 92.3 Å². The third kappa shape index (κ3) is 42.5. The number of hydrogen-bond donors (Lipinski definition) is 2. The molecule has 0 atom stereocenters. The van der Waals surface area contributed by atoms with Crippen molar-refractivity contribution in [1.82, 2.24) is 0 Å². The van der Waals surface area contributed by atoms with Crippen LogP contribution in [0.15, 0.2) is 289 Å². The van der Waals surface area contributed by atoms with Crippen LogP contribution in [0.4, 0.5) is 0 Å². The summed E-state index contributed by atoms with van der Waals surface area (Å²) in [6.07, 6.45) is 14.3. The van der Waals surface area contributed by atoms with Gasteiger partial charge in [0.2, 0.25) is 0 Å². The second kappa shape index (κ2) is 62.3. The van der Waals surface area contributed by atoms with Gasteiger partial charge in [0.1, 0.15) is 59.2 Å². The number of carbonyl (C=O) groups excluding carboxylic acids is 7. The van der Waals surface area contributed by atoms with Gasteiger partial charge < -0.3 is 33.2 Å². The minimum atomic E-state index is -4.41. The molecule has 0 saturated carbocycles. The maximum Gasteiger partial charge on any atom is 0.362 e. The molecular formula is C113H89NO20S2. The monoisotopic (exact) mass is 1840 g/mol. The molecule has 2 N–H and O–H groups in total. The molecule has 0 aliphatic heterocycles. The largest absolute Gasteiger partial charge is 0.462 e. The lowest BCUT2D eigenvalue weighted by Crippen LogP contribution is -2.23. The van der Waals surface area contributed by atoms with Gasteiger partial charge >= 0.3 is 41.8 Å². The summed E-state index contributed by atoms with van der Waals surface area (Å²) in [6, 6.07) is 71.1. The van der Waals surface area contributed by atoms with E-state index in [0.717, 1.165) is 78.4 Å². The van der Waals surface area contributed by atoms with Gasteiger partial charge in [0.25, 0.3) is 20.2 Å². The van der Waals surface area contributed by atoms with Crippen LogP contribution in [0, 0.1) is 181 Å². The molecule has 0 radical (unpaired) electrons. The Labute approximate surface area is 795 Å². The molecule has 0 fully saturated rings. The summed E-state index contributed by atoms with van der Waals surface area (Å²) in [6.45, 7) is 15.9. The molecule has 0 aromatic heterocycles. The molecule has 0 bridgehead atoms. The molecule has 0 saturated heterocycles. The van der Waals surface area contributed by atoms with Crippen molar-refractivity contribution in [3.05, 3.63) is 356 Å². The number of nitrogens with zero attached hydrogens (tertiary/aromatic N) is 1. The molecule has 23 heteroatoms. The summed E-state index contributed by atoms with van der Waals surface area (Å²) < 4.78 is 95.3.